The van der Waals surface area contributed by atoms with Crippen LogP contribution in [0.4, 0.5) is 0 Å². The highest BCUT2D eigenvalue weighted by atomic mass is 32.2. The number of nitrogens with one attached hydrogen (secondary N) is 2. The van der Waals surface area contributed by atoms with Crippen LogP contribution >= 0.6 is 0 Å². The first-order chi connectivity index (χ1) is 15.1. The minimum atomic E-state index is -1.29. The number of rotatable bonds is 11. The second kappa shape index (κ2) is 12.1. The Morgan fingerprint density at radius 1 is 1.39 bits per heavy atom. The van der Waals surface area contributed by atoms with Crippen LogP contribution in [0.15, 0.2) is 59.6 Å². The Morgan fingerprint density at radius 3 is 3.06 bits per heavy atom. The molecule has 2 unspecified atom stereocenters. The molecule has 0 radical (unpaired) electrons. The Hall–Kier alpha value is -2.91. The maximum absolute atomic E-state index is 11.9. The predicted octanol–water partition coefficient (Wildman–Crippen LogP) is 1.84. The van der Waals surface area contributed by atoms with Crippen molar-refractivity contribution >= 4 is 16.7 Å². The zero-order chi connectivity index (χ0) is 21.9. The molecule has 0 aromatic carbocycles. The van der Waals surface area contributed by atoms with Crippen LogP contribution in [-0.4, -0.2) is 51.7 Å². The molecule has 9 heteroatoms. The molecule has 3 N–H and O–H groups in total. The van der Waals surface area contributed by atoms with Gasteiger partial charge in [0.25, 0.3) is 5.88 Å². The first-order valence-corrected chi connectivity index (χ1v) is 11.6. The number of amides is 1. The van der Waals surface area contributed by atoms with Gasteiger partial charge in [-0.2, -0.15) is 0 Å². The highest BCUT2D eigenvalue weighted by Gasteiger charge is 2.15. The van der Waals surface area contributed by atoms with E-state index in [1.807, 2.05) is 0 Å². The number of aromatic hydroxyl groups is 1. The lowest BCUT2D eigenvalue weighted by molar-refractivity contribution is -0.118. The fourth-order valence-electron chi connectivity index (χ4n) is 3.09. The molecule has 2 aromatic heterocycles. The van der Waals surface area contributed by atoms with Gasteiger partial charge in [0.2, 0.25) is 5.91 Å². The van der Waals surface area contributed by atoms with Gasteiger partial charge in [0.1, 0.15) is 12.4 Å². The topological polar surface area (TPSA) is 114 Å². The third-order valence-corrected chi connectivity index (χ3v) is 5.89. The molecule has 0 spiro atoms. The van der Waals surface area contributed by atoms with Crippen LogP contribution in [0.3, 0.4) is 0 Å². The molecule has 1 aliphatic heterocycles. The van der Waals surface area contributed by atoms with Crippen molar-refractivity contribution in [1.82, 2.24) is 15.6 Å². The van der Waals surface area contributed by atoms with Gasteiger partial charge in [0.05, 0.1) is 18.3 Å². The summed E-state index contributed by atoms with van der Waals surface area (Å²) >= 11 is 0. The van der Waals surface area contributed by atoms with Crippen LogP contribution < -0.4 is 15.4 Å². The lowest BCUT2D eigenvalue weighted by atomic mass is 10.0. The van der Waals surface area contributed by atoms with E-state index in [1.54, 1.807) is 30.5 Å². The van der Waals surface area contributed by atoms with Crippen molar-refractivity contribution in [2.75, 3.05) is 25.4 Å². The van der Waals surface area contributed by atoms with Crippen molar-refractivity contribution < 1.29 is 23.3 Å². The van der Waals surface area contributed by atoms with Gasteiger partial charge in [0, 0.05) is 47.3 Å². The molecule has 31 heavy (non-hydrogen) atoms. The molecule has 2 atom stereocenters. The standard InChI is InChI=1S/C22H27N3O5S/c26-20(16-31(28)15-17-7-12-29-14-17)24-9-3-4-11-30-22-21(27)18(6-10-25-22)13-19-5-1-2-8-23-19/h1-4,6-7,10,12,14,19,23,27H,5,8-9,11,13,15-16H2,(H,24,26). The first kappa shape index (κ1) is 22.8. The summed E-state index contributed by atoms with van der Waals surface area (Å²) in [4.78, 5) is 15.9. The Bertz CT molecular complexity index is 927. The van der Waals surface area contributed by atoms with E-state index in [-0.39, 0.29) is 41.7 Å². The highest BCUT2D eigenvalue weighted by molar-refractivity contribution is 7.84. The maximum Gasteiger partial charge on any atom is 0.257 e. The Balaban J connectivity index is 1.36. The molecular weight excluding hydrogens is 418 g/mol. The van der Waals surface area contributed by atoms with Crippen molar-refractivity contribution in [1.29, 1.82) is 0 Å². The number of aromatic nitrogens is 1. The number of carbonyl (C=O) groups excluding carboxylic acids is 1. The number of ether oxygens (including phenoxy) is 1. The van der Waals surface area contributed by atoms with E-state index < -0.39 is 10.8 Å². The number of pyridine rings is 1. The van der Waals surface area contributed by atoms with E-state index in [1.165, 1.54) is 12.5 Å². The highest BCUT2D eigenvalue weighted by Crippen LogP contribution is 2.28. The molecule has 166 valence electrons. The van der Waals surface area contributed by atoms with Crippen LogP contribution in [0.25, 0.3) is 0 Å². The first-order valence-electron chi connectivity index (χ1n) is 10.1. The monoisotopic (exact) mass is 445 g/mol. The van der Waals surface area contributed by atoms with Crippen molar-refractivity contribution in [3.8, 4) is 11.6 Å². The summed E-state index contributed by atoms with van der Waals surface area (Å²) in [5.41, 5.74) is 1.59. The van der Waals surface area contributed by atoms with E-state index in [0.717, 1.165) is 24.1 Å². The van der Waals surface area contributed by atoms with Crippen molar-refractivity contribution in [3.63, 3.8) is 0 Å². The van der Waals surface area contributed by atoms with E-state index >= 15 is 0 Å². The van der Waals surface area contributed by atoms with Crippen LogP contribution in [0.5, 0.6) is 11.6 Å². The molecule has 8 nitrogen and oxygen atoms in total. The largest absolute Gasteiger partial charge is 0.503 e. The van der Waals surface area contributed by atoms with Crippen LogP contribution in [-0.2, 0) is 27.8 Å². The lowest BCUT2D eigenvalue weighted by Crippen LogP contribution is -2.33. The van der Waals surface area contributed by atoms with Gasteiger partial charge >= 0.3 is 0 Å². The van der Waals surface area contributed by atoms with Crippen molar-refractivity contribution in [3.05, 3.63) is 66.3 Å². The molecule has 0 aliphatic carbocycles. The fourth-order valence-corrected chi connectivity index (χ4v) is 4.12. The molecule has 1 amide bonds. The maximum atomic E-state index is 11.9. The molecule has 0 fully saturated rings. The Labute approximate surface area is 183 Å². The molecule has 0 saturated heterocycles. The van der Waals surface area contributed by atoms with Gasteiger partial charge in [-0.05, 0) is 31.1 Å². The number of hydrogen-bond donors (Lipinski definition) is 3. The fraction of sp³-hybridized carbons (Fsp3) is 0.364. The van der Waals surface area contributed by atoms with Crippen molar-refractivity contribution in [2.24, 2.45) is 0 Å². The van der Waals surface area contributed by atoms with E-state index in [9.17, 15) is 14.1 Å². The van der Waals surface area contributed by atoms with Crippen LogP contribution in [0.1, 0.15) is 17.5 Å². The molecule has 1 aliphatic rings. The van der Waals surface area contributed by atoms with Gasteiger partial charge < -0.3 is 24.9 Å². The average molecular weight is 446 g/mol. The average Bonchev–Trinajstić information content (AvgIpc) is 3.26. The van der Waals surface area contributed by atoms with Gasteiger partial charge in [-0.15, -0.1) is 0 Å². The summed E-state index contributed by atoms with van der Waals surface area (Å²) in [5, 5.41) is 16.5. The van der Waals surface area contributed by atoms with Crippen LogP contribution in [0, 0.1) is 0 Å². The van der Waals surface area contributed by atoms with Gasteiger partial charge in [-0.3, -0.25) is 9.00 Å². The lowest BCUT2D eigenvalue weighted by Gasteiger charge is -2.20. The van der Waals surface area contributed by atoms with Gasteiger partial charge in [0.15, 0.2) is 5.75 Å². The van der Waals surface area contributed by atoms with E-state index in [2.05, 4.69) is 27.8 Å². The minimum Gasteiger partial charge on any atom is -0.503 e. The van der Waals surface area contributed by atoms with Crippen LogP contribution in [0.2, 0.25) is 0 Å². The molecule has 0 bridgehead atoms. The predicted molar refractivity (Wildman–Crippen MR) is 118 cm³/mol. The van der Waals surface area contributed by atoms with E-state index in [0.29, 0.717) is 13.0 Å². The number of carbonyl (C=O) groups is 1. The summed E-state index contributed by atoms with van der Waals surface area (Å²) in [5.74, 6) is 0.181. The number of hydrogen-bond acceptors (Lipinski definition) is 7. The Kier molecular flexibility index (Phi) is 8.86. The molecule has 0 saturated carbocycles. The SMILES string of the molecule is O=C(CS(=O)Cc1ccoc1)NCC=CCOc1nccc(CC2CC=CCN2)c1O. The molecule has 3 rings (SSSR count). The smallest absolute Gasteiger partial charge is 0.257 e. The summed E-state index contributed by atoms with van der Waals surface area (Å²) in [7, 11) is -1.29. The van der Waals surface area contributed by atoms with Crippen molar-refractivity contribution in [2.45, 2.75) is 24.6 Å². The summed E-state index contributed by atoms with van der Waals surface area (Å²) in [6, 6.07) is 3.80. The summed E-state index contributed by atoms with van der Waals surface area (Å²) < 4.78 is 22.4. The molecular formula is C22H27N3O5S. The second-order valence-electron chi connectivity index (χ2n) is 7.09. The number of nitrogens with zero attached hydrogens (tertiary/aromatic N) is 1. The minimum absolute atomic E-state index is 0.0562. The van der Waals surface area contributed by atoms with Gasteiger partial charge in [-0.25, -0.2) is 4.98 Å². The second-order valence-corrected chi connectivity index (χ2v) is 8.54. The summed E-state index contributed by atoms with van der Waals surface area (Å²) in [6.07, 6.45) is 13.9. The third kappa shape index (κ3) is 7.69. The molecule has 2 aromatic rings. The third-order valence-electron chi connectivity index (χ3n) is 4.65. The summed E-state index contributed by atoms with van der Waals surface area (Å²) in [6.45, 7) is 1.34. The number of furan rings is 1. The normalized spacial score (nSPS) is 17.0. The van der Waals surface area contributed by atoms with E-state index in [4.69, 9.17) is 9.15 Å². The molecule has 3 heterocycles. The zero-order valence-electron chi connectivity index (χ0n) is 17.2. The zero-order valence-corrected chi connectivity index (χ0v) is 18.0. The Morgan fingerprint density at radius 2 is 2.29 bits per heavy atom. The van der Waals surface area contributed by atoms with Gasteiger partial charge in [-0.1, -0.05) is 18.2 Å². The quantitative estimate of drug-likeness (QED) is 0.452.